The lowest BCUT2D eigenvalue weighted by Gasteiger charge is -2.15. The van der Waals surface area contributed by atoms with Crippen molar-refractivity contribution in [3.8, 4) is 17.2 Å². The Bertz CT molecular complexity index is 445. The molecule has 0 aromatic heterocycles. The van der Waals surface area contributed by atoms with E-state index in [1.54, 1.807) is 13.0 Å². The Balaban J connectivity index is 3.41. The topological polar surface area (TPSA) is 54.0 Å². The lowest BCUT2D eigenvalue weighted by atomic mass is 10.2. The van der Waals surface area contributed by atoms with Crippen LogP contribution in [0, 0.1) is 0 Å². The van der Waals surface area contributed by atoms with Crippen LogP contribution in [0.1, 0.15) is 17.3 Å². The summed E-state index contributed by atoms with van der Waals surface area (Å²) < 4.78 is 21.0. The molecule has 1 aromatic rings. The van der Waals surface area contributed by atoms with Gasteiger partial charge in [-0.1, -0.05) is 0 Å². The first-order chi connectivity index (χ1) is 8.60. The highest BCUT2D eigenvalue weighted by atomic mass is 79.9. The van der Waals surface area contributed by atoms with Gasteiger partial charge in [-0.3, -0.25) is 0 Å². The lowest BCUT2D eigenvalue weighted by molar-refractivity contribution is 0.0524. The minimum absolute atomic E-state index is 0.294. The molecular formula is C12H15BrO5. The van der Waals surface area contributed by atoms with Crippen LogP contribution in [0.4, 0.5) is 0 Å². The molecule has 0 unspecified atom stereocenters. The second-order valence-electron chi connectivity index (χ2n) is 3.23. The summed E-state index contributed by atoms with van der Waals surface area (Å²) in [7, 11) is 4.47. The third-order valence-corrected chi connectivity index (χ3v) is 3.05. The summed E-state index contributed by atoms with van der Waals surface area (Å²) in [4.78, 5) is 11.8. The first kappa shape index (κ1) is 14.6. The van der Waals surface area contributed by atoms with E-state index in [1.807, 2.05) is 0 Å². The van der Waals surface area contributed by atoms with E-state index in [9.17, 15) is 4.79 Å². The van der Waals surface area contributed by atoms with Crippen LogP contribution in [0.25, 0.3) is 0 Å². The predicted molar refractivity (Wildman–Crippen MR) is 69.8 cm³/mol. The summed E-state index contributed by atoms with van der Waals surface area (Å²) in [5, 5.41) is 0. The second-order valence-corrected chi connectivity index (χ2v) is 4.02. The molecule has 5 nitrogen and oxygen atoms in total. The minimum atomic E-state index is -0.455. The number of benzene rings is 1. The quantitative estimate of drug-likeness (QED) is 0.781. The number of ether oxygens (including phenoxy) is 4. The predicted octanol–water partition coefficient (Wildman–Crippen LogP) is 2.65. The van der Waals surface area contributed by atoms with Crippen molar-refractivity contribution in [1.82, 2.24) is 0 Å². The van der Waals surface area contributed by atoms with Gasteiger partial charge in [-0.05, 0) is 28.9 Å². The Labute approximate surface area is 114 Å². The van der Waals surface area contributed by atoms with Crippen LogP contribution in [-0.2, 0) is 4.74 Å². The van der Waals surface area contributed by atoms with Gasteiger partial charge in [0.1, 0.15) is 0 Å². The average molecular weight is 319 g/mol. The number of rotatable bonds is 5. The highest BCUT2D eigenvalue weighted by molar-refractivity contribution is 9.10. The van der Waals surface area contributed by atoms with E-state index in [-0.39, 0.29) is 0 Å². The Morgan fingerprint density at radius 2 is 1.78 bits per heavy atom. The largest absolute Gasteiger partial charge is 0.493 e. The van der Waals surface area contributed by atoms with E-state index < -0.39 is 5.97 Å². The first-order valence-corrected chi connectivity index (χ1v) is 6.05. The lowest BCUT2D eigenvalue weighted by Crippen LogP contribution is -2.08. The zero-order valence-electron chi connectivity index (χ0n) is 10.7. The van der Waals surface area contributed by atoms with Gasteiger partial charge in [-0.25, -0.2) is 4.79 Å². The van der Waals surface area contributed by atoms with Gasteiger partial charge >= 0.3 is 5.97 Å². The molecule has 0 spiro atoms. The molecule has 0 aliphatic carbocycles. The van der Waals surface area contributed by atoms with E-state index in [2.05, 4.69) is 15.9 Å². The van der Waals surface area contributed by atoms with E-state index in [1.165, 1.54) is 21.3 Å². The molecule has 0 aliphatic rings. The van der Waals surface area contributed by atoms with Crippen LogP contribution in [0.3, 0.4) is 0 Å². The minimum Gasteiger partial charge on any atom is -0.493 e. The zero-order chi connectivity index (χ0) is 13.7. The fraction of sp³-hybridized carbons (Fsp3) is 0.417. The maximum Gasteiger partial charge on any atom is 0.339 e. The maximum absolute atomic E-state index is 11.8. The van der Waals surface area contributed by atoms with Crippen molar-refractivity contribution in [3.05, 3.63) is 16.1 Å². The second kappa shape index (κ2) is 6.49. The molecule has 0 radical (unpaired) electrons. The number of hydrogen-bond donors (Lipinski definition) is 0. The highest BCUT2D eigenvalue weighted by Gasteiger charge is 2.23. The van der Waals surface area contributed by atoms with Crippen molar-refractivity contribution in [2.45, 2.75) is 6.92 Å². The van der Waals surface area contributed by atoms with Gasteiger partial charge in [-0.15, -0.1) is 0 Å². The molecule has 1 rings (SSSR count). The molecule has 0 saturated heterocycles. The van der Waals surface area contributed by atoms with Gasteiger partial charge in [0, 0.05) is 0 Å². The van der Waals surface area contributed by atoms with Gasteiger partial charge in [0.15, 0.2) is 11.5 Å². The van der Waals surface area contributed by atoms with Gasteiger partial charge in [-0.2, -0.15) is 0 Å². The van der Waals surface area contributed by atoms with Gasteiger partial charge in [0.2, 0.25) is 5.75 Å². The fourth-order valence-electron chi connectivity index (χ4n) is 1.48. The number of esters is 1. The molecule has 18 heavy (non-hydrogen) atoms. The molecule has 0 atom stereocenters. The van der Waals surface area contributed by atoms with Crippen molar-refractivity contribution in [2.75, 3.05) is 27.9 Å². The van der Waals surface area contributed by atoms with Crippen molar-refractivity contribution in [3.63, 3.8) is 0 Å². The van der Waals surface area contributed by atoms with Crippen LogP contribution in [0.2, 0.25) is 0 Å². The molecule has 0 bridgehead atoms. The number of methoxy groups -OCH3 is 3. The van der Waals surface area contributed by atoms with Crippen LogP contribution in [0.5, 0.6) is 17.2 Å². The third kappa shape index (κ3) is 2.69. The van der Waals surface area contributed by atoms with Gasteiger partial charge in [0.25, 0.3) is 0 Å². The number of carbonyl (C=O) groups is 1. The Kier molecular flexibility index (Phi) is 5.27. The van der Waals surface area contributed by atoms with Gasteiger partial charge < -0.3 is 18.9 Å². The van der Waals surface area contributed by atoms with Crippen LogP contribution in [-0.4, -0.2) is 33.9 Å². The molecule has 6 heteroatoms. The summed E-state index contributed by atoms with van der Waals surface area (Å²) in [5.41, 5.74) is 0.325. The van der Waals surface area contributed by atoms with E-state index in [4.69, 9.17) is 18.9 Å². The van der Waals surface area contributed by atoms with Crippen molar-refractivity contribution >= 4 is 21.9 Å². The normalized spacial score (nSPS) is 9.83. The molecule has 100 valence electrons. The molecule has 1 aromatic carbocycles. The highest BCUT2D eigenvalue weighted by Crippen LogP contribution is 2.44. The smallest absolute Gasteiger partial charge is 0.339 e. The molecular weight excluding hydrogens is 304 g/mol. The number of carbonyl (C=O) groups excluding carboxylic acids is 1. The summed E-state index contributed by atoms with van der Waals surface area (Å²) in [6.07, 6.45) is 0. The molecule has 0 amide bonds. The van der Waals surface area contributed by atoms with Crippen molar-refractivity contribution in [1.29, 1.82) is 0 Å². The van der Waals surface area contributed by atoms with Gasteiger partial charge in [0.05, 0.1) is 38.0 Å². The van der Waals surface area contributed by atoms with Crippen molar-refractivity contribution in [2.24, 2.45) is 0 Å². The fourth-order valence-corrected chi connectivity index (χ4v) is 2.10. The van der Waals surface area contributed by atoms with E-state index in [0.29, 0.717) is 33.9 Å². The summed E-state index contributed by atoms with van der Waals surface area (Å²) in [6.45, 7) is 2.03. The van der Waals surface area contributed by atoms with Crippen LogP contribution in [0.15, 0.2) is 10.5 Å². The molecule has 0 N–H and O–H groups in total. The Morgan fingerprint density at radius 1 is 1.17 bits per heavy atom. The summed E-state index contributed by atoms with van der Waals surface area (Å²) in [5.74, 6) is 0.754. The monoisotopic (exact) mass is 318 g/mol. The SMILES string of the molecule is CCOC(=O)c1cc(OC)c(OC)c(OC)c1Br. The summed E-state index contributed by atoms with van der Waals surface area (Å²) in [6, 6.07) is 1.55. The Morgan fingerprint density at radius 3 is 2.22 bits per heavy atom. The van der Waals surface area contributed by atoms with Crippen LogP contribution >= 0.6 is 15.9 Å². The molecule has 0 saturated carbocycles. The average Bonchev–Trinajstić information content (AvgIpc) is 2.38. The van der Waals surface area contributed by atoms with E-state index >= 15 is 0 Å². The number of halogens is 1. The zero-order valence-corrected chi connectivity index (χ0v) is 12.3. The van der Waals surface area contributed by atoms with E-state index in [0.717, 1.165) is 0 Å². The molecule has 0 heterocycles. The maximum atomic E-state index is 11.8. The molecule has 0 fully saturated rings. The third-order valence-electron chi connectivity index (χ3n) is 2.26. The van der Waals surface area contributed by atoms with Crippen molar-refractivity contribution < 1.29 is 23.7 Å². The number of hydrogen-bond acceptors (Lipinski definition) is 5. The standard InChI is InChI=1S/C12H15BrO5/c1-5-18-12(14)7-6-8(15-2)10(16-3)11(17-4)9(7)13/h6H,5H2,1-4H3. The summed E-state index contributed by atoms with van der Waals surface area (Å²) >= 11 is 3.31. The first-order valence-electron chi connectivity index (χ1n) is 5.26. The molecule has 0 aliphatic heterocycles. The van der Waals surface area contributed by atoms with Crippen LogP contribution < -0.4 is 14.2 Å². The Hall–Kier alpha value is -1.43.